The van der Waals surface area contributed by atoms with Gasteiger partial charge < -0.3 is 10.2 Å². The first kappa shape index (κ1) is 26.7. The smallest absolute Gasteiger partial charge is 0.244 e. The molecular weight excluding hydrogens is 462 g/mol. The molecule has 0 heterocycles. The number of amides is 2. The van der Waals surface area contributed by atoms with Crippen LogP contribution in [0.25, 0.3) is 0 Å². The minimum atomic E-state index is -3.72. The summed E-state index contributed by atoms with van der Waals surface area (Å²) in [7, 11) is -3.72. The summed E-state index contributed by atoms with van der Waals surface area (Å²) in [5.41, 5.74) is 3.34. The van der Waals surface area contributed by atoms with E-state index in [9.17, 15) is 18.0 Å². The minimum Gasteiger partial charge on any atom is -0.352 e. The van der Waals surface area contributed by atoms with Gasteiger partial charge in [0.05, 0.1) is 11.9 Å². The second kappa shape index (κ2) is 11.7. The largest absolute Gasteiger partial charge is 0.352 e. The summed E-state index contributed by atoms with van der Waals surface area (Å²) in [4.78, 5) is 28.3. The molecule has 1 saturated carbocycles. The zero-order valence-electron chi connectivity index (χ0n) is 21.2. The van der Waals surface area contributed by atoms with Gasteiger partial charge in [-0.1, -0.05) is 66.8 Å². The van der Waals surface area contributed by atoms with Crippen LogP contribution in [0.15, 0.2) is 48.5 Å². The molecule has 2 amide bonds. The van der Waals surface area contributed by atoms with Crippen LogP contribution >= 0.6 is 0 Å². The molecule has 0 aliphatic heterocycles. The SMILES string of the molecule is Cc1ccc(N(CC(=O)N(Cc2cccc(C)c2)[C@H](C)C(=O)NC2CCCCC2)S(C)(=O)=O)cc1. The number of rotatable bonds is 9. The zero-order chi connectivity index (χ0) is 25.6. The van der Waals surface area contributed by atoms with Gasteiger partial charge in [-0.15, -0.1) is 0 Å². The normalized spacial score (nSPS) is 15.3. The lowest BCUT2D eigenvalue weighted by molar-refractivity contribution is -0.139. The first-order valence-corrected chi connectivity index (χ1v) is 14.1. The first-order chi connectivity index (χ1) is 16.5. The molecule has 1 N–H and O–H groups in total. The number of benzene rings is 2. The number of carbonyl (C=O) groups is 2. The molecule has 190 valence electrons. The first-order valence-electron chi connectivity index (χ1n) is 12.2. The Morgan fingerprint density at radius 2 is 1.66 bits per heavy atom. The Kier molecular flexibility index (Phi) is 8.94. The van der Waals surface area contributed by atoms with Crippen LogP contribution in [0, 0.1) is 13.8 Å². The monoisotopic (exact) mass is 499 g/mol. The molecule has 0 aromatic heterocycles. The standard InChI is InChI=1S/C27H37N3O4S/c1-20-13-15-25(16-14-20)30(35(4,33)34)19-26(31)29(18-23-10-8-9-21(2)17-23)22(3)27(32)28-24-11-6-5-7-12-24/h8-10,13-17,22,24H,5-7,11-12,18-19H2,1-4H3,(H,28,32)/t22-/m1/s1. The molecule has 7 nitrogen and oxygen atoms in total. The van der Waals surface area contributed by atoms with Gasteiger partial charge in [0.2, 0.25) is 21.8 Å². The molecule has 8 heteroatoms. The van der Waals surface area contributed by atoms with E-state index in [0.717, 1.165) is 52.9 Å². The molecule has 0 bridgehead atoms. The molecule has 0 spiro atoms. The van der Waals surface area contributed by atoms with Crippen molar-refractivity contribution in [1.29, 1.82) is 0 Å². The maximum Gasteiger partial charge on any atom is 0.244 e. The van der Waals surface area contributed by atoms with Crippen molar-refractivity contribution in [3.05, 3.63) is 65.2 Å². The molecule has 0 radical (unpaired) electrons. The second-order valence-electron chi connectivity index (χ2n) is 9.64. The van der Waals surface area contributed by atoms with Gasteiger partial charge in [-0.25, -0.2) is 8.42 Å². The van der Waals surface area contributed by atoms with E-state index in [2.05, 4.69) is 5.32 Å². The van der Waals surface area contributed by atoms with Crippen LogP contribution in [0.3, 0.4) is 0 Å². The lowest BCUT2D eigenvalue weighted by Gasteiger charge is -2.33. The van der Waals surface area contributed by atoms with E-state index in [1.54, 1.807) is 19.1 Å². The van der Waals surface area contributed by atoms with E-state index in [1.165, 1.54) is 11.3 Å². The molecule has 0 unspecified atom stereocenters. The highest BCUT2D eigenvalue weighted by Gasteiger charge is 2.31. The van der Waals surface area contributed by atoms with Crippen molar-refractivity contribution in [2.24, 2.45) is 0 Å². The van der Waals surface area contributed by atoms with Crippen LogP contribution < -0.4 is 9.62 Å². The van der Waals surface area contributed by atoms with Gasteiger partial charge >= 0.3 is 0 Å². The van der Waals surface area contributed by atoms with Gasteiger partial charge in [0.15, 0.2) is 0 Å². The van der Waals surface area contributed by atoms with E-state index in [0.29, 0.717) is 5.69 Å². The zero-order valence-corrected chi connectivity index (χ0v) is 22.0. The van der Waals surface area contributed by atoms with Crippen molar-refractivity contribution in [1.82, 2.24) is 10.2 Å². The molecule has 2 aromatic rings. The lowest BCUT2D eigenvalue weighted by atomic mass is 9.95. The van der Waals surface area contributed by atoms with Crippen LogP contribution in [-0.2, 0) is 26.2 Å². The third-order valence-corrected chi connectivity index (χ3v) is 7.70. The van der Waals surface area contributed by atoms with E-state index >= 15 is 0 Å². The summed E-state index contributed by atoms with van der Waals surface area (Å²) in [6.45, 7) is 5.43. The van der Waals surface area contributed by atoms with Crippen molar-refractivity contribution in [3.8, 4) is 0 Å². The summed E-state index contributed by atoms with van der Waals surface area (Å²) in [5.74, 6) is -0.636. The van der Waals surface area contributed by atoms with Crippen LogP contribution in [0.1, 0.15) is 55.7 Å². The summed E-state index contributed by atoms with van der Waals surface area (Å²) >= 11 is 0. The summed E-state index contributed by atoms with van der Waals surface area (Å²) in [5, 5.41) is 3.11. The van der Waals surface area contributed by atoms with Crippen molar-refractivity contribution in [3.63, 3.8) is 0 Å². The average molecular weight is 500 g/mol. The number of carbonyl (C=O) groups excluding carboxylic acids is 2. The third kappa shape index (κ3) is 7.56. The Morgan fingerprint density at radius 3 is 2.26 bits per heavy atom. The number of hydrogen-bond acceptors (Lipinski definition) is 4. The molecule has 1 aliphatic rings. The van der Waals surface area contributed by atoms with Crippen LogP contribution in [0.4, 0.5) is 5.69 Å². The maximum atomic E-state index is 13.6. The highest BCUT2D eigenvalue weighted by molar-refractivity contribution is 7.92. The number of aryl methyl sites for hydroxylation is 2. The molecule has 0 saturated heterocycles. The maximum absolute atomic E-state index is 13.6. The van der Waals surface area contributed by atoms with Gasteiger partial charge in [-0.3, -0.25) is 13.9 Å². The van der Waals surface area contributed by atoms with Crippen LogP contribution in [0.5, 0.6) is 0 Å². The Labute approximate surface area is 209 Å². The lowest BCUT2D eigenvalue weighted by Crippen LogP contribution is -2.52. The van der Waals surface area contributed by atoms with Crippen LogP contribution in [0.2, 0.25) is 0 Å². The highest BCUT2D eigenvalue weighted by atomic mass is 32.2. The topological polar surface area (TPSA) is 86.8 Å². The number of nitrogens with one attached hydrogen (secondary N) is 1. The Bertz CT molecular complexity index is 1130. The Morgan fingerprint density at radius 1 is 1.00 bits per heavy atom. The van der Waals surface area contributed by atoms with Crippen molar-refractivity contribution < 1.29 is 18.0 Å². The highest BCUT2D eigenvalue weighted by Crippen LogP contribution is 2.21. The van der Waals surface area contributed by atoms with Crippen LogP contribution in [-0.4, -0.2) is 50.0 Å². The number of nitrogens with zero attached hydrogens (tertiary/aromatic N) is 2. The van der Waals surface area contributed by atoms with Crippen molar-refractivity contribution in [2.75, 3.05) is 17.1 Å². The summed E-state index contributed by atoms with van der Waals surface area (Å²) in [6.07, 6.45) is 6.33. The van der Waals surface area contributed by atoms with Crippen molar-refractivity contribution in [2.45, 2.75) is 71.5 Å². The fraction of sp³-hybridized carbons (Fsp3) is 0.481. The van der Waals surface area contributed by atoms with Gasteiger partial charge in [-0.2, -0.15) is 0 Å². The van der Waals surface area contributed by atoms with E-state index in [-0.39, 0.29) is 25.0 Å². The van der Waals surface area contributed by atoms with Gasteiger partial charge in [0, 0.05) is 12.6 Å². The number of anilines is 1. The minimum absolute atomic E-state index is 0.120. The fourth-order valence-electron chi connectivity index (χ4n) is 4.48. The predicted octanol–water partition coefficient (Wildman–Crippen LogP) is 3.94. The van der Waals surface area contributed by atoms with Gasteiger partial charge in [0.1, 0.15) is 12.6 Å². The molecule has 35 heavy (non-hydrogen) atoms. The molecular formula is C27H37N3O4S. The Hall–Kier alpha value is -2.87. The summed E-state index contributed by atoms with van der Waals surface area (Å²) in [6, 6.07) is 14.1. The molecule has 1 fully saturated rings. The van der Waals surface area contributed by atoms with Gasteiger partial charge in [0.25, 0.3) is 0 Å². The number of hydrogen-bond donors (Lipinski definition) is 1. The molecule has 1 atom stereocenters. The van der Waals surface area contributed by atoms with Crippen molar-refractivity contribution >= 4 is 27.5 Å². The third-order valence-electron chi connectivity index (χ3n) is 6.56. The molecule has 1 aliphatic carbocycles. The fourth-order valence-corrected chi connectivity index (χ4v) is 5.33. The summed E-state index contributed by atoms with van der Waals surface area (Å²) < 4.78 is 26.3. The molecule has 3 rings (SSSR count). The quantitative estimate of drug-likeness (QED) is 0.566. The van der Waals surface area contributed by atoms with E-state index in [4.69, 9.17) is 0 Å². The van der Waals surface area contributed by atoms with E-state index < -0.39 is 22.0 Å². The Balaban J connectivity index is 1.86. The predicted molar refractivity (Wildman–Crippen MR) is 140 cm³/mol. The van der Waals surface area contributed by atoms with Gasteiger partial charge in [-0.05, 0) is 51.3 Å². The van der Waals surface area contributed by atoms with E-state index in [1.807, 2.05) is 50.2 Å². The average Bonchev–Trinajstić information content (AvgIpc) is 2.81. The molecule has 2 aromatic carbocycles. The second-order valence-corrected chi connectivity index (χ2v) is 11.5. The number of sulfonamides is 1.